The number of nitrogens with zero attached hydrogens (tertiary/aromatic N) is 5. The van der Waals surface area contributed by atoms with Crippen molar-refractivity contribution in [3.8, 4) is 0 Å². The number of halogens is 3. The number of amides is 1. The van der Waals surface area contributed by atoms with E-state index in [4.69, 9.17) is 14.6 Å². The highest BCUT2D eigenvalue weighted by Gasteiger charge is 2.44. The molecule has 0 saturated carbocycles. The minimum Gasteiger partial charge on any atom is -0.475 e. The van der Waals surface area contributed by atoms with Crippen molar-refractivity contribution in [3.05, 3.63) is 12.7 Å². The summed E-state index contributed by atoms with van der Waals surface area (Å²) < 4.78 is 39.0. The van der Waals surface area contributed by atoms with Gasteiger partial charge in [-0.2, -0.15) is 18.3 Å². The number of fused-ring (bicyclic) bond motifs is 1. The van der Waals surface area contributed by atoms with Crippen molar-refractivity contribution in [2.24, 2.45) is 11.8 Å². The molecule has 3 fully saturated rings. The zero-order valence-corrected chi connectivity index (χ0v) is 16.7. The second kappa shape index (κ2) is 9.29. The predicted octanol–water partition coefficient (Wildman–Crippen LogP) is 0.869. The van der Waals surface area contributed by atoms with E-state index in [2.05, 4.69) is 26.9 Å². The van der Waals surface area contributed by atoms with E-state index < -0.39 is 12.1 Å². The number of carboxylic acid groups (broad SMARTS) is 1. The van der Waals surface area contributed by atoms with Gasteiger partial charge in [-0.3, -0.25) is 14.4 Å². The molecule has 30 heavy (non-hydrogen) atoms. The van der Waals surface area contributed by atoms with Gasteiger partial charge in [0.2, 0.25) is 5.91 Å². The largest absolute Gasteiger partial charge is 0.490 e. The Labute approximate surface area is 171 Å². The van der Waals surface area contributed by atoms with E-state index in [1.54, 1.807) is 12.7 Å². The molecule has 12 heteroatoms. The average Bonchev–Trinajstić information content (AvgIpc) is 3.44. The van der Waals surface area contributed by atoms with E-state index in [1.165, 1.54) is 0 Å². The quantitative estimate of drug-likeness (QED) is 0.755. The summed E-state index contributed by atoms with van der Waals surface area (Å²) in [6, 6.07) is 1.07. The number of likely N-dealkylation sites (N-methyl/N-ethyl adjacent to an activating group) is 1. The monoisotopic (exact) mass is 433 g/mol. The topological polar surface area (TPSA) is 101 Å². The van der Waals surface area contributed by atoms with E-state index in [-0.39, 0.29) is 5.92 Å². The Morgan fingerprint density at radius 1 is 1.30 bits per heavy atom. The van der Waals surface area contributed by atoms with Gasteiger partial charge in [0.25, 0.3) is 0 Å². The first-order valence-electron chi connectivity index (χ1n) is 9.87. The number of alkyl halides is 3. The molecule has 0 bridgehead atoms. The fourth-order valence-electron chi connectivity index (χ4n) is 4.51. The Kier molecular flexibility index (Phi) is 6.96. The van der Waals surface area contributed by atoms with Crippen molar-refractivity contribution < 1.29 is 32.6 Å². The van der Waals surface area contributed by atoms with Crippen LogP contribution in [0.15, 0.2) is 12.7 Å². The molecule has 9 nitrogen and oxygen atoms in total. The number of aliphatic carboxylic acids is 1. The number of hydrogen-bond donors (Lipinski definition) is 1. The number of hydrogen-bond acceptors (Lipinski definition) is 6. The van der Waals surface area contributed by atoms with Crippen LogP contribution in [0.25, 0.3) is 0 Å². The minimum absolute atomic E-state index is 0.0941. The Morgan fingerprint density at radius 2 is 2.03 bits per heavy atom. The van der Waals surface area contributed by atoms with E-state index in [0.29, 0.717) is 30.5 Å². The fourth-order valence-corrected chi connectivity index (χ4v) is 4.51. The van der Waals surface area contributed by atoms with Crippen LogP contribution in [0, 0.1) is 11.8 Å². The maximum Gasteiger partial charge on any atom is 0.490 e. The Morgan fingerprint density at radius 3 is 2.60 bits per heavy atom. The number of aromatic nitrogens is 3. The first-order chi connectivity index (χ1) is 14.2. The second-order valence-corrected chi connectivity index (χ2v) is 7.94. The highest BCUT2D eigenvalue weighted by molar-refractivity contribution is 5.79. The molecule has 1 N–H and O–H groups in total. The summed E-state index contributed by atoms with van der Waals surface area (Å²) in [5.41, 5.74) is 0. The number of ether oxygens (including phenoxy) is 1. The van der Waals surface area contributed by atoms with Crippen LogP contribution in [-0.2, 0) is 20.9 Å². The highest BCUT2D eigenvalue weighted by atomic mass is 19.4. The molecule has 4 heterocycles. The van der Waals surface area contributed by atoms with Gasteiger partial charge >= 0.3 is 12.1 Å². The molecule has 4 rings (SSSR count). The lowest BCUT2D eigenvalue weighted by Crippen LogP contribution is -2.49. The molecular formula is C18H26F3N5O4. The molecule has 0 radical (unpaired) electrons. The van der Waals surface area contributed by atoms with Crippen molar-refractivity contribution in [1.29, 1.82) is 0 Å². The summed E-state index contributed by atoms with van der Waals surface area (Å²) in [7, 11) is 2.22. The number of carboxylic acids is 1. The highest BCUT2D eigenvalue weighted by Crippen LogP contribution is 2.35. The number of carbonyl (C=O) groups excluding carboxylic acids is 1. The Bertz CT molecular complexity index is 724. The first kappa shape index (κ1) is 22.5. The van der Waals surface area contributed by atoms with Gasteiger partial charge in [-0.05, 0) is 32.2 Å². The normalized spacial score (nSPS) is 29.3. The van der Waals surface area contributed by atoms with Crippen LogP contribution >= 0.6 is 0 Å². The lowest BCUT2D eigenvalue weighted by molar-refractivity contribution is -0.192. The summed E-state index contributed by atoms with van der Waals surface area (Å²) in [6.07, 6.45) is 1.39. The van der Waals surface area contributed by atoms with Gasteiger partial charge in [-0.25, -0.2) is 9.78 Å². The molecule has 1 amide bonds. The summed E-state index contributed by atoms with van der Waals surface area (Å²) in [4.78, 5) is 30.1. The van der Waals surface area contributed by atoms with Gasteiger partial charge in [-0.15, -0.1) is 0 Å². The van der Waals surface area contributed by atoms with Crippen molar-refractivity contribution in [2.75, 3.05) is 33.4 Å². The Balaban J connectivity index is 0.000000318. The Hall–Kier alpha value is -2.21. The third kappa shape index (κ3) is 5.28. The molecule has 1 aromatic rings. The third-order valence-corrected chi connectivity index (χ3v) is 6.07. The van der Waals surface area contributed by atoms with Crippen molar-refractivity contribution >= 4 is 11.9 Å². The van der Waals surface area contributed by atoms with Gasteiger partial charge in [-0.1, -0.05) is 0 Å². The molecule has 3 saturated heterocycles. The molecule has 0 aromatic carbocycles. The second-order valence-electron chi connectivity index (χ2n) is 7.94. The van der Waals surface area contributed by atoms with Crippen LogP contribution < -0.4 is 0 Å². The van der Waals surface area contributed by atoms with E-state index in [0.717, 1.165) is 45.5 Å². The SMILES string of the molecule is CN1[C@H](Cn2cncn2)C[C@@H]2CN(C(=O)C3CCOC3)CC[C@@H]21.O=C(O)C(F)(F)F. The molecular weight excluding hydrogens is 407 g/mol. The molecule has 1 aromatic heterocycles. The zero-order valence-electron chi connectivity index (χ0n) is 16.7. The number of carbonyl (C=O) groups is 2. The molecule has 0 spiro atoms. The van der Waals surface area contributed by atoms with Gasteiger partial charge in [0.15, 0.2) is 0 Å². The zero-order chi connectivity index (χ0) is 21.9. The van der Waals surface area contributed by atoms with Crippen molar-refractivity contribution in [1.82, 2.24) is 24.6 Å². The minimum atomic E-state index is -5.08. The molecule has 3 aliphatic rings. The smallest absolute Gasteiger partial charge is 0.475 e. The number of rotatable bonds is 3. The van der Waals surface area contributed by atoms with Crippen LogP contribution in [0.3, 0.4) is 0 Å². The number of piperidine rings is 1. The summed E-state index contributed by atoms with van der Waals surface area (Å²) in [5, 5.41) is 11.4. The molecule has 4 atom stereocenters. The summed E-state index contributed by atoms with van der Waals surface area (Å²) in [6.45, 7) is 4.01. The summed E-state index contributed by atoms with van der Waals surface area (Å²) in [5.74, 6) is -1.78. The van der Waals surface area contributed by atoms with Gasteiger partial charge in [0, 0.05) is 31.8 Å². The fraction of sp³-hybridized carbons (Fsp3) is 0.778. The predicted molar refractivity (Wildman–Crippen MR) is 97.3 cm³/mol. The van der Waals surface area contributed by atoms with Gasteiger partial charge in [0.1, 0.15) is 12.7 Å². The van der Waals surface area contributed by atoms with E-state index >= 15 is 0 Å². The van der Waals surface area contributed by atoms with E-state index in [1.807, 2.05) is 4.68 Å². The van der Waals surface area contributed by atoms with Crippen LogP contribution in [0.1, 0.15) is 19.3 Å². The molecule has 3 aliphatic heterocycles. The van der Waals surface area contributed by atoms with E-state index in [9.17, 15) is 18.0 Å². The van der Waals surface area contributed by atoms with Crippen LogP contribution in [-0.4, -0.2) is 93.2 Å². The third-order valence-electron chi connectivity index (χ3n) is 6.07. The van der Waals surface area contributed by atoms with Crippen LogP contribution in [0.5, 0.6) is 0 Å². The van der Waals surface area contributed by atoms with Crippen molar-refractivity contribution in [3.63, 3.8) is 0 Å². The maximum absolute atomic E-state index is 12.6. The van der Waals surface area contributed by atoms with Crippen LogP contribution in [0.4, 0.5) is 13.2 Å². The molecule has 0 aliphatic carbocycles. The average molecular weight is 433 g/mol. The molecule has 1 unspecified atom stereocenters. The summed E-state index contributed by atoms with van der Waals surface area (Å²) >= 11 is 0. The molecule has 168 valence electrons. The lowest BCUT2D eigenvalue weighted by Gasteiger charge is -2.38. The lowest BCUT2D eigenvalue weighted by atomic mass is 9.91. The van der Waals surface area contributed by atoms with Crippen molar-refractivity contribution in [2.45, 2.75) is 44.1 Å². The van der Waals surface area contributed by atoms with Gasteiger partial charge in [0.05, 0.1) is 19.1 Å². The standard InChI is InChI=1S/C16H25N5O2.C2HF3O2/c1-19-14(8-21-11-17-10-18-21)6-13-7-20(4-2-15(13)19)16(22)12-3-5-23-9-12;3-2(4,5)1(6)7/h10-15H,2-9H2,1H3;(H,6,7)/t12?,13-,14+,15+;/m1./s1. The maximum atomic E-state index is 12.6. The number of likely N-dealkylation sites (tertiary alicyclic amines) is 2. The van der Waals surface area contributed by atoms with Crippen LogP contribution in [0.2, 0.25) is 0 Å². The van der Waals surface area contributed by atoms with Gasteiger partial charge < -0.3 is 14.7 Å². The first-order valence-corrected chi connectivity index (χ1v) is 9.87.